The molecule has 1 saturated heterocycles. The molecule has 1 aromatic rings. The van der Waals surface area contributed by atoms with Crippen molar-refractivity contribution in [3.8, 4) is 5.75 Å². The molecule has 0 unspecified atom stereocenters. The van der Waals surface area contributed by atoms with Crippen LogP contribution in [-0.4, -0.2) is 56.3 Å². The summed E-state index contributed by atoms with van der Waals surface area (Å²) in [5.74, 6) is 0.300. The van der Waals surface area contributed by atoms with E-state index in [0.29, 0.717) is 32.8 Å². The summed E-state index contributed by atoms with van der Waals surface area (Å²) in [6, 6.07) is 3.54. The summed E-state index contributed by atoms with van der Waals surface area (Å²) >= 11 is 6.10. The van der Waals surface area contributed by atoms with E-state index in [2.05, 4.69) is 15.7 Å². The first kappa shape index (κ1) is 20.4. The van der Waals surface area contributed by atoms with Gasteiger partial charge < -0.3 is 19.3 Å². The van der Waals surface area contributed by atoms with Gasteiger partial charge >= 0.3 is 6.61 Å². The van der Waals surface area contributed by atoms with Crippen LogP contribution in [0.15, 0.2) is 18.2 Å². The molecule has 1 aromatic carbocycles. The van der Waals surface area contributed by atoms with Crippen molar-refractivity contribution in [3.05, 3.63) is 28.8 Å². The number of anilines is 1. The van der Waals surface area contributed by atoms with Gasteiger partial charge in [0.05, 0.1) is 18.2 Å². The lowest BCUT2D eigenvalue weighted by molar-refractivity contribution is -0.140. The van der Waals surface area contributed by atoms with Gasteiger partial charge in [0.25, 0.3) is 0 Å². The Morgan fingerprint density at radius 1 is 1.17 bits per heavy atom. The van der Waals surface area contributed by atoms with Gasteiger partial charge in [0.1, 0.15) is 5.75 Å². The van der Waals surface area contributed by atoms with Crippen LogP contribution in [-0.2, 0) is 9.53 Å². The molecule has 0 radical (unpaired) electrons. The van der Waals surface area contributed by atoms with Gasteiger partial charge in [0.15, 0.2) is 0 Å². The smallest absolute Gasteiger partial charge is 0.387 e. The van der Waals surface area contributed by atoms with Crippen molar-refractivity contribution in [2.45, 2.75) is 38.3 Å². The maximum Gasteiger partial charge on any atom is 0.387 e. The van der Waals surface area contributed by atoms with E-state index >= 15 is 0 Å². The van der Waals surface area contributed by atoms with Crippen molar-refractivity contribution in [2.75, 3.05) is 37.7 Å². The fraction of sp³-hybridized carbons (Fsp3) is 0.571. The quantitative estimate of drug-likeness (QED) is 0.724. The number of alkyl halides is 2. The van der Waals surface area contributed by atoms with E-state index < -0.39 is 6.61 Å². The summed E-state index contributed by atoms with van der Waals surface area (Å²) in [5, 5.41) is 0.176. The predicted octanol–water partition coefficient (Wildman–Crippen LogP) is 4.19. The Labute approximate surface area is 174 Å². The number of rotatable bonds is 4. The molecule has 3 aliphatic rings. The fourth-order valence-corrected chi connectivity index (χ4v) is 4.76. The number of amides is 1. The van der Waals surface area contributed by atoms with Crippen LogP contribution in [0.1, 0.15) is 31.2 Å². The topological polar surface area (TPSA) is 42.0 Å². The number of hydrogen-bond donors (Lipinski definition) is 0. The molecule has 2 aliphatic heterocycles. The number of carbonyl (C=O) groups excluding carboxylic acids is 1. The third-order valence-electron chi connectivity index (χ3n) is 6.02. The molecule has 2 heterocycles. The van der Waals surface area contributed by atoms with E-state index in [1.165, 1.54) is 0 Å². The van der Waals surface area contributed by atoms with Gasteiger partial charge in [-0.25, -0.2) is 0 Å². The lowest BCUT2D eigenvalue weighted by atomic mass is 9.83. The van der Waals surface area contributed by atoms with Crippen LogP contribution in [0.4, 0.5) is 14.5 Å². The third kappa shape index (κ3) is 4.51. The highest BCUT2D eigenvalue weighted by molar-refractivity contribution is 6.32. The molecule has 1 amide bonds. The minimum Gasteiger partial charge on any atom is -0.433 e. The standard InChI is InChI=1S/C21H25ClF2N2O3/c22-17-12-15-2-1-7-26(18(15)13-19(17)29-21(23)24)16-5-3-14(4-6-16)20(27)25-8-10-28-11-9-25/h1-2,12-14,16,21H,3-11H2. The highest BCUT2D eigenvalue weighted by Gasteiger charge is 2.33. The lowest BCUT2D eigenvalue weighted by Crippen LogP contribution is -2.46. The van der Waals surface area contributed by atoms with Crippen LogP contribution in [0.3, 0.4) is 0 Å². The minimum absolute atomic E-state index is 0.00287. The van der Waals surface area contributed by atoms with Gasteiger partial charge in [0, 0.05) is 43.3 Å². The second-order valence-electron chi connectivity index (χ2n) is 7.72. The van der Waals surface area contributed by atoms with E-state index in [1.807, 2.05) is 11.0 Å². The van der Waals surface area contributed by atoms with Crippen molar-refractivity contribution >= 4 is 29.3 Å². The molecule has 0 spiro atoms. The summed E-state index contributed by atoms with van der Waals surface area (Å²) < 4.78 is 35.3. The van der Waals surface area contributed by atoms with Gasteiger partial charge in [-0.15, -0.1) is 0 Å². The first-order valence-electron chi connectivity index (χ1n) is 10.1. The van der Waals surface area contributed by atoms with Gasteiger partial charge in [-0.1, -0.05) is 23.8 Å². The number of benzene rings is 1. The Kier molecular flexibility index (Phi) is 6.25. The molecule has 5 nitrogen and oxygen atoms in total. The molecule has 4 rings (SSSR count). The van der Waals surface area contributed by atoms with Crippen LogP contribution < -0.4 is 9.64 Å². The molecule has 0 N–H and O–H groups in total. The first-order valence-corrected chi connectivity index (χ1v) is 10.5. The van der Waals surface area contributed by atoms with Crippen molar-refractivity contribution in [1.29, 1.82) is 0 Å². The van der Waals surface area contributed by atoms with Crippen molar-refractivity contribution in [1.82, 2.24) is 4.90 Å². The SMILES string of the molecule is O=C(C1CCC(N2CC=Cc3cc(Cl)c(OC(F)F)cc32)CC1)N1CCOCC1. The number of nitrogens with zero attached hydrogens (tertiary/aromatic N) is 2. The molecule has 8 heteroatoms. The van der Waals surface area contributed by atoms with E-state index in [4.69, 9.17) is 16.3 Å². The Hall–Kier alpha value is -1.86. The number of hydrogen-bond acceptors (Lipinski definition) is 4. The highest BCUT2D eigenvalue weighted by Crippen LogP contribution is 2.40. The van der Waals surface area contributed by atoms with Gasteiger partial charge in [0.2, 0.25) is 5.91 Å². The fourth-order valence-electron chi connectivity index (χ4n) is 4.54. The maximum atomic E-state index is 12.8. The minimum atomic E-state index is -2.92. The highest BCUT2D eigenvalue weighted by atomic mass is 35.5. The molecule has 158 valence electrons. The zero-order chi connectivity index (χ0) is 20.4. The Balaban J connectivity index is 1.44. The molecular weight excluding hydrogens is 402 g/mol. The van der Waals surface area contributed by atoms with Gasteiger partial charge in [-0.2, -0.15) is 8.78 Å². The molecule has 0 atom stereocenters. The number of halogens is 3. The van der Waals surface area contributed by atoms with Crippen molar-refractivity contribution < 1.29 is 23.0 Å². The second-order valence-corrected chi connectivity index (χ2v) is 8.12. The lowest BCUT2D eigenvalue weighted by Gasteiger charge is -2.40. The van der Waals surface area contributed by atoms with Crippen LogP contribution in [0.5, 0.6) is 5.75 Å². The van der Waals surface area contributed by atoms with Gasteiger partial charge in [-0.3, -0.25) is 4.79 Å². The first-order chi connectivity index (χ1) is 14.0. The molecule has 1 aliphatic carbocycles. The summed E-state index contributed by atoms with van der Waals surface area (Å²) in [6.45, 7) is 0.371. The van der Waals surface area contributed by atoms with Crippen molar-refractivity contribution in [2.24, 2.45) is 5.92 Å². The summed E-state index contributed by atoms with van der Waals surface area (Å²) in [6.07, 6.45) is 7.47. The molecule has 29 heavy (non-hydrogen) atoms. The average molecular weight is 427 g/mol. The summed E-state index contributed by atoms with van der Waals surface area (Å²) in [5.41, 5.74) is 1.75. The van der Waals surface area contributed by atoms with E-state index in [0.717, 1.165) is 36.9 Å². The van der Waals surface area contributed by atoms with Gasteiger partial charge in [-0.05, 0) is 37.3 Å². The molecule has 0 bridgehead atoms. The summed E-state index contributed by atoms with van der Waals surface area (Å²) in [7, 11) is 0. The van der Waals surface area contributed by atoms with E-state index in [9.17, 15) is 13.6 Å². The predicted molar refractivity (Wildman–Crippen MR) is 108 cm³/mol. The molecule has 0 aromatic heterocycles. The van der Waals surface area contributed by atoms with Crippen LogP contribution in [0.25, 0.3) is 6.08 Å². The zero-order valence-corrected chi connectivity index (χ0v) is 16.9. The average Bonchev–Trinajstić information content (AvgIpc) is 2.74. The number of morpholine rings is 1. The normalized spacial score (nSPS) is 24.6. The number of ether oxygens (including phenoxy) is 2. The van der Waals surface area contributed by atoms with Crippen LogP contribution in [0.2, 0.25) is 5.02 Å². The molecule has 2 fully saturated rings. The van der Waals surface area contributed by atoms with Crippen LogP contribution in [0, 0.1) is 5.92 Å². The van der Waals surface area contributed by atoms with Crippen LogP contribution >= 0.6 is 11.6 Å². The second kappa shape index (κ2) is 8.88. The maximum absolute atomic E-state index is 12.8. The Bertz CT molecular complexity index is 775. The van der Waals surface area contributed by atoms with E-state index in [-0.39, 0.29) is 28.6 Å². The number of fused-ring (bicyclic) bond motifs is 1. The summed E-state index contributed by atoms with van der Waals surface area (Å²) in [4.78, 5) is 16.9. The zero-order valence-electron chi connectivity index (χ0n) is 16.2. The molecular formula is C21H25ClF2N2O3. The monoisotopic (exact) mass is 426 g/mol. The Morgan fingerprint density at radius 2 is 1.90 bits per heavy atom. The number of carbonyl (C=O) groups is 1. The third-order valence-corrected chi connectivity index (χ3v) is 6.31. The van der Waals surface area contributed by atoms with E-state index in [1.54, 1.807) is 12.1 Å². The largest absolute Gasteiger partial charge is 0.433 e. The Morgan fingerprint density at radius 3 is 2.59 bits per heavy atom. The van der Waals surface area contributed by atoms with Crippen molar-refractivity contribution in [3.63, 3.8) is 0 Å². The molecule has 1 saturated carbocycles.